The molecule has 0 saturated carbocycles. The number of nitrogens with zero attached hydrogens (tertiary/aromatic N) is 1. The molecule has 21 heavy (non-hydrogen) atoms. The summed E-state index contributed by atoms with van der Waals surface area (Å²) in [6, 6.07) is 5.09. The van der Waals surface area contributed by atoms with Crippen LogP contribution in [0.4, 0.5) is 0 Å². The van der Waals surface area contributed by atoms with Crippen LogP contribution < -0.4 is 5.73 Å². The molecule has 0 fully saturated rings. The molecular weight excluding hydrogens is 268 g/mol. The monoisotopic (exact) mass is 288 g/mol. The van der Waals surface area contributed by atoms with Gasteiger partial charge in [0.2, 0.25) is 5.91 Å². The van der Waals surface area contributed by atoms with E-state index >= 15 is 0 Å². The van der Waals surface area contributed by atoms with Crippen molar-refractivity contribution in [2.24, 2.45) is 5.73 Å². The topological polar surface area (TPSA) is 83.6 Å². The van der Waals surface area contributed by atoms with Gasteiger partial charge >= 0.3 is 0 Å². The fraction of sp³-hybridized carbons (Fsp3) is 0.375. The number of carbonyl (C=O) groups excluding carboxylic acids is 2. The molecule has 0 unspecified atom stereocenters. The molecule has 1 aromatic rings. The summed E-state index contributed by atoms with van der Waals surface area (Å²) in [5.74, 6) is 4.50. The Morgan fingerprint density at radius 3 is 2.57 bits per heavy atom. The van der Waals surface area contributed by atoms with Crippen molar-refractivity contribution in [2.75, 3.05) is 13.2 Å². The average Bonchev–Trinajstić information content (AvgIpc) is 2.42. The molecule has 5 heteroatoms. The lowest BCUT2D eigenvalue weighted by Gasteiger charge is -2.26. The second-order valence-electron chi connectivity index (χ2n) is 4.98. The van der Waals surface area contributed by atoms with Crippen LogP contribution in [0, 0.1) is 18.8 Å². The van der Waals surface area contributed by atoms with Crippen LogP contribution >= 0.6 is 0 Å². The zero-order valence-electron chi connectivity index (χ0n) is 12.5. The summed E-state index contributed by atoms with van der Waals surface area (Å²) in [5, 5.41) is 8.72. The standard InChI is InChI=1S/C16H20N2O3/c1-11(2)18(10-15(17)20)16(21)14-9-13(5-4-8-19)7-6-12(14)3/h6-7,9,11,19H,8,10H2,1-3H3,(H2,17,20). The molecule has 0 aliphatic rings. The predicted molar refractivity (Wildman–Crippen MR) is 80.5 cm³/mol. The highest BCUT2D eigenvalue weighted by Crippen LogP contribution is 2.15. The predicted octanol–water partition coefficient (Wildman–Crippen LogP) is 0.675. The van der Waals surface area contributed by atoms with Crippen LogP contribution in [0.15, 0.2) is 18.2 Å². The lowest BCUT2D eigenvalue weighted by molar-refractivity contribution is -0.119. The quantitative estimate of drug-likeness (QED) is 0.799. The SMILES string of the molecule is Cc1ccc(C#CCO)cc1C(=O)N(CC(N)=O)C(C)C. The molecule has 0 heterocycles. The lowest BCUT2D eigenvalue weighted by atomic mass is 10.0. The van der Waals surface area contributed by atoms with Gasteiger partial charge in [0.15, 0.2) is 0 Å². The van der Waals surface area contributed by atoms with Crippen molar-refractivity contribution in [1.82, 2.24) is 4.90 Å². The second-order valence-corrected chi connectivity index (χ2v) is 4.98. The first kappa shape index (κ1) is 16.7. The zero-order valence-corrected chi connectivity index (χ0v) is 12.5. The van der Waals surface area contributed by atoms with Crippen molar-refractivity contribution < 1.29 is 14.7 Å². The van der Waals surface area contributed by atoms with Gasteiger partial charge in [0, 0.05) is 17.2 Å². The minimum absolute atomic E-state index is 0.123. The minimum atomic E-state index is -0.550. The molecule has 1 rings (SSSR count). The summed E-state index contributed by atoms with van der Waals surface area (Å²) in [6.45, 7) is 5.11. The van der Waals surface area contributed by atoms with Crippen molar-refractivity contribution >= 4 is 11.8 Å². The Morgan fingerprint density at radius 1 is 1.38 bits per heavy atom. The van der Waals surface area contributed by atoms with Gasteiger partial charge in [0.05, 0.1) is 6.54 Å². The Kier molecular flexibility index (Phi) is 5.94. The summed E-state index contributed by atoms with van der Waals surface area (Å²) in [5.41, 5.74) is 7.11. The second kappa shape index (κ2) is 7.46. The molecule has 0 aliphatic heterocycles. The van der Waals surface area contributed by atoms with Crippen molar-refractivity contribution in [3.63, 3.8) is 0 Å². The third-order valence-corrected chi connectivity index (χ3v) is 2.99. The first-order valence-electron chi connectivity index (χ1n) is 6.66. The molecule has 0 spiro atoms. The fourth-order valence-corrected chi connectivity index (χ4v) is 1.88. The Morgan fingerprint density at radius 2 is 2.05 bits per heavy atom. The Bertz CT molecular complexity index is 597. The van der Waals surface area contributed by atoms with E-state index in [4.69, 9.17) is 10.8 Å². The first-order valence-corrected chi connectivity index (χ1v) is 6.66. The Hall–Kier alpha value is -2.32. The molecule has 1 aromatic carbocycles. The lowest BCUT2D eigenvalue weighted by Crippen LogP contribution is -2.43. The fourth-order valence-electron chi connectivity index (χ4n) is 1.88. The summed E-state index contributed by atoms with van der Waals surface area (Å²) in [6.07, 6.45) is 0. The van der Waals surface area contributed by atoms with Crippen molar-refractivity contribution in [3.8, 4) is 11.8 Å². The highest BCUT2D eigenvalue weighted by Gasteiger charge is 2.22. The third kappa shape index (κ3) is 4.62. The smallest absolute Gasteiger partial charge is 0.254 e. The van der Waals surface area contributed by atoms with Crippen molar-refractivity contribution in [2.45, 2.75) is 26.8 Å². The average molecular weight is 288 g/mol. The van der Waals surface area contributed by atoms with E-state index in [9.17, 15) is 9.59 Å². The molecule has 0 atom stereocenters. The highest BCUT2D eigenvalue weighted by molar-refractivity contribution is 5.98. The molecule has 5 nitrogen and oxygen atoms in total. The molecule has 0 aromatic heterocycles. The maximum absolute atomic E-state index is 12.6. The van der Waals surface area contributed by atoms with E-state index in [0.29, 0.717) is 11.1 Å². The van der Waals surface area contributed by atoms with Crippen molar-refractivity contribution in [3.05, 3.63) is 34.9 Å². The number of aryl methyl sites for hydroxylation is 1. The van der Waals surface area contributed by atoms with Crippen LogP contribution in [-0.2, 0) is 4.79 Å². The number of amides is 2. The number of rotatable bonds is 4. The number of primary amides is 1. The molecule has 0 radical (unpaired) electrons. The van der Waals surface area contributed by atoms with Gasteiger partial charge in [-0.05, 0) is 38.5 Å². The maximum atomic E-state index is 12.6. The number of hydrogen-bond acceptors (Lipinski definition) is 3. The molecular formula is C16H20N2O3. The number of hydrogen-bond donors (Lipinski definition) is 2. The normalized spacial score (nSPS) is 9.95. The molecule has 112 valence electrons. The zero-order chi connectivity index (χ0) is 16.0. The summed E-state index contributed by atoms with van der Waals surface area (Å²) in [7, 11) is 0. The summed E-state index contributed by atoms with van der Waals surface area (Å²) >= 11 is 0. The number of aliphatic hydroxyl groups excluding tert-OH is 1. The van der Waals surface area contributed by atoms with Crippen LogP contribution in [0.1, 0.15) is 35.3 Å². The third-order valence-electron chi connectivity index (χ3n) is 2.99. The Labute approximate surface area is 124 Å². The number of aliphatic hydroxyl groups is 1. The van der Waals surface area contributed by atoms with Crippen LogP contribution in [-0.4, -0.2) is 41.0 Å². The molecule has 0 bridgehead atoms. The van der Waals surface area contributed by atoms with Gasteiger partial charge in [-0.1, -0.05) is 17.9 Å². The van der Waals surface area contributed by atoms with E-state index in [-0.39, 0.29) is 25.1 Å². The Balaban J connectivity index is 3.17. The summed E-state index contributed by atoms with van der Waals surface area (Å²) in [4.78, 5) is 25.1. The molecule has 0 saturated heterocycles. The maximum Gasteiger partial charge on any atom is 0.254 e. The van der Waals surface area contributed by atoms with Gasteiger partial charge in [-0.25, -0.2) is 0 Å². The molecule has 3 N–H and O–H groups in total. The van der Waals surface area contributed by atoms with Crippen LogP contribution in [0.5, 0.6) is 0 Å². The van der Waals surface area contributed by atoms with Gasteiger partial charge in [-0.15, -0.1) is 0 Å². The van der Waals surface area contributed by atoms with Crippen LogP contribution in [0.2, 0.25) is 0 Å². The van der Waals surface area contributed by atoms with E-state index < -0.39 is 5.91 Å². The molecule has 0 aliphatic carbocycles. The first-order chi connectivity index (χ1) is 9.86. The van der Waals surface area contributed by atoms with Gasteiger partial charge < -0.3 is 15.7 Å². The number of benzene rings is 1. The van der Waals surface area contributed by atoms with E-state index in [2.05, 4.69) is 11.8 Å². The van der Waals surface area contributed by atoms with Crippen molar-refractivity contribution in [1.29, 1.82) is 0 Å². The highest BCUT2D eigenvalue weighted by atomic mass is 16.2. The minimum Gasteiger partial charge on any atom is -0.384 e. The molecule has 2 amide bonds. The van der Waals surface area contributed by atoms with Crippen LogP contribution in [0.3, 0.4) is 0 Å². The van der Waals surface area contributed by atoms with Gasteiger partial charge in [-0.3, -0.25) is 9.59 Å². The van der Waals surface area contributed by atoms with E-state index in [1.165, 1.54) is 4.90 Å². The van der Waals surface area contributed by atoms with E-state index in [1.54, 1.807) is 18.2 Å². The van der Waals surface area contributed by atoms with E-state index in [0.717, 1.165) is 5.56 Å². The number of carbonyl (C=O) groups is 2. The van der Waals surface area contributed by atoms with Crippen LogP contribution in [0.25, 0.3) is 0 Å². The van der Waals surface area contributed by atoms with E-state index in [1.807, 2.05) is 20.8 Å². The van der Waals surface area contributed by atoms with Gasteiger partial charge in [0.25, 0.3) is 5.91 Å². The van der Waals surface area contributed by atoms with Gasteiger partial charge in [0.1, 0.15) is 6.61 Å². The van der Waals surface area contributed by atoms with Gasteiger partial charge in [-0.2, -0.15) is 0 Å². The summed E-state index contributed by atoms with van der Waals surface area (Å²) < 4.78 is 0. The number of nitrogens with two attached hydrogens (primary N) is 1. The largest absolute Gasteiger partial charge is 0.384 e.